The average Bonchev–Trinajstić information content (AvgIpc) is 2.95. The van der Waals surface area contributed by atoms with Crippen molar-refractivity contribution in [2.45, 2.75) is 6.54 Å². The number of aryl methyl sites for hydroxylation is 1. The summed E-state index contributed by atoms with van der Waals surface area (Å²) in [5.74, 6) is -0.111. The van der Waals surface area contributed by atoms with Crippen molar-refractivity contribution in [1.82, 2.24) is 14.5 Å². The minimum atomic E-state index is -0.111. The second kappa shape index (κ2) is 5.93. The van der Waals surface area contributed by atoms with Gasteiger partial charge in [0, 0.05) is 38.4 Å². The third-order valence-electron chi connectivity index (χ3n) is 3.79. The van der Waals surface area contributed by atoms with Crippen LogP contribution in [-0.2, 0) is 13.6 Å². The Kier molecular flexibility index (Phi) is 3.82. The topological polar surface area (TPSA) is 61.9 Å². The van der Waals surface area contributed by atoms with E-state index in [9.17, 15) is 4.79 Å². The summed E-state index contributed by atoms with van der Waals surface area (Å²) in [5.41, 5.74) is 2.97. The molecule has 5 nitrogen and oxygen atoms in total. The van der Waals surface area contributed by atoms with Crippen molar-refractivity contribution in [1.29, 1.82) is 5.26 Å². The molecule has 0 aliphatic rings. The molecule has 5 heteroatoms. The Morgan fingerprint density at radius 1 is 1.35 bits per heavy atom. The molecule has 0 aliphatic carbocycles. The van der Waals surface area contributed by atoms with E-state index >= 15 is 0 Å². The molecule has 0 spiro atoms. The van der Waals surface area contributed by atoms with E-state index in [0.717, 1.165) is 16.5 Å². The quantitative estimate of drug-likeness (QED) is 0.747. The molecule has 2 heterocycles. The summed E-state index contributed by atoms with van der Waals surface area (Å²) >= 11 is 0. The van der Waals surface area contributed by atoms with Crippen LogP contribution < -0.4 is 0 Å². The first-order valence-electron chi connectivity index (χ1n) is 7.24. The summed E-state index contributed by atoms with van der Waals surface area (Å²) in [5, 5.41) is 9.99. The Morgan fingerprint density at radius 3 is 2.91 bits per heavy atom. The van der Waals surface area contributed by atoms with E-state index in [1.54, 1.807) is 42.0 Å². The van der Waals surface area contributed by atoms with E-state index in [-0.39, 0.29) is 5.91 Å². The molecule has 1 amide bonds. The molecule has 0 unspecified atom stereocenters. The first-order chi connectivity index (χ1) is 11.1. The van der Waals surface area contributed by atoms with Gasteiger partial charge in [-0.1, -0.05) is 12.1 Å². The van der Waals surface area contributed by atoms with Crippen LogP contribution in [-0.4, -0.2) is 27.4 Å². The van der Waals surface area contributed by atoms with E-state index in [4.69, 9.17) is 5.26 Å². The highest BCUT2D eigenvalue weighted by atomic mass is 16.2. The minimum absolute atomic E-state index is 0.111. The zero-order chi connectivity index (χ0) is 16.4. The van der Waals surface area contributed by atoms with Gasteiger partial charge in [0.25, 0.3) is 5.91 Å². The van der Waals surface area contributed by atoms with Crippen LogP contribution in [0.4, 0.5) is 0 Å². The van der Waals surface area contributed by atoms with Crippen LogP contribution in [0, 0.1) is 11.3 Å². The summed E-state index contributed by atoms with van der Waals surface area (Å²) in [6.45, 7) is 0.497. The number of nitriles is 1. The highest BCUT2D eigenvalue weighted by molar-refractivity contribution is 5.93. The number of carbonyl (C=O) groups excluding carboxylic acids is 1. The van der Waals surface area contributed by atoms with E-state index in [0.29, 0.717) is 17.8 Å². The van der Waals surface area contributed by atoms with Crippen molar-refractivity contribution in [3.05, 3.63) is 65.6 Å². The Morgan fingerprint density at radius 2 is 2.17 bits per heavy atom. The number of fused-ring (bicyclic) bond motifs is 1. The maximum absolute atomic E-state index is 12.5. The van der Waals surface area contributed by atoms with Gasteiger partial charge in [0.05, 0.1) is 11.1 Å². The number of carbonyl (C=O) groups is 1. The smallest absolute Gasteiger partial charge is 0.270 e. The van der Waals surface area contributed by atoms with Crippen molar-refractivity contribution in [3.8, 4) is 6.07 Å². The second-order valence-electron chi connectivity index (χ2n) is 5.53. The maximum atomic E-state index is 12.5. The standard InChI is InChI=1S/C18H16N4O/c1-21-12-14(10-19)9-17(21)18(23)22(2)11-13-5-6-16-15(8-13)4-3-7-20-16/h3-9,12H,11H2,1-2H3. The molecule has 0 fully saturated rings. The number of pyridine rings is 1. The largest absolute Gasteiger partial charge is 0.345 e. The van der Waals surface area contributed by atoms with Gasteiger partial charge in [-0.25, -0.2) is 0 Å². The summed E-state index contributed by atoms with van der Waals surface area (Å²) in [6, 6.07) is 13.5. The molecule has 23 heavy (non-hydrogen) atoms. The summed E-state index contributed by atoms with van der Waals surface area (Å²) in [6.07, 6.45) is 3.42. The average molecular weight is 304 g/mol. The van der Waals surface area contributed by atoms with Gasteiger partial charge in [0.1, 0.15) is 11.8 Å². The second-order valence-corrected chi connectivity index (χ2v) is 5.53. The molecule has 1 aromatic carbocycles. The number of benzene rings is 1. The van der Waals surface area contributed by atoms with Crippen LogP contribution in [0.5, 0.6) is 0 Å². The molecule has 0 bridgehead atoms. The lowest BCUT2D eigenvalue weighted by atomic mass is 10.1. The molecule has 0 aliphatic heterocycles. The molecule has 0 atom stereocenters. The number of amides is 1. The molecule has 0 saturated heterocycles. The number of nitrogens with zero attached hydrogens (tertiary/aromatic N) is 4. The number of hydrogen-bond donors (Lipinski definition) is 0. The molecular weight excluding hydrogens is 288 g/mol. The Balaban J connectivity index is 1.82. The fourth-order valence-corrected chi connectivity index (χ4v) is 2.60. The van der Waals surface area contributed by atoms with Crippen LogP contribution in [0.15, 0.2) is 48.8 Å². The van der Waals surface area contributed by atoms with E-state index < -0.39 is 0 Å². The lowest BCUT2D eigenvalue weighted by Crippen LogP contribution is -2.27. The summed E-state index contributed by atoms with van der Waals surface area (Å²) in [4.78, 5) is 18.5. The van der Waals surface area contributed by atoms with Crippen molar-refractivity contribution in [3.63, 3.8) is 0 Å². The molecular formula is C18H16N4O. The molecule has 2 aromatic heterocycles. The predicted molar refractivity (Wildman–Crippen MR) is 87.7 cm³/mol. The van der Waals surface area contributed by atoms with Gasteiger partial charge in [0.2, 0.25) is 0 Å². The number of hydrogen-bond acceptors (Lipinski definition) is 3. The van der Waals surface area contributed by atoms with Gasteiger partial charge in [-0.15, -0.1) is 0 Å². The van der Waals surface area contributed by atoms with Crippen LogP contribution in [0.2, 0.25) is 0 Å². The van der Waals surface area contributed by atoms with Crippen molar-refractivity contribution < 1.29 is 4.79 Å². The van der Waals surface area contributed by atoms with E-state index in [2.05, 4.69) is 11.1 Å². The molecule has 0 saturated carbocycles. The Labute approximate surface area is 134 Å². The lowest BCUT2D eigenvalue weighted by Gasteiger charge is -2.18. The maximum Gasteiger partial charge on any atom is 0.270 e. The Bertz CT molecular complexity index is 920. The molecule has 3 aromatic rings. The summed E-state index contributed by atoms with van der Waals surface area (Å²) < 4.78 is 1.68. The van der Waals surface area contributed by atoms with Crippen LogP contribution >= 0.6 is 0 Å². The zero-order valence-corrected chi connectivity index (χ0v) is 13.0. The predicted octanol–water partition coefficient (Wildman–Crippen LogP) is 2.72. The molecule has 3 rings (SSSR count). The van der Waals surface area contributed by atoms with E-state index in [1.165, 1.54) is 0 Å². The van der Waals surface area contributed by atoms with Crippen molar-refractivity contribution in [2.24, 2.45) is 7.05 Å². The minimum Gasteiger partial charge on any atom is -0.345 e. The fraction of sp³-hybridized carbons (Fsp3) is 0.167. The third kappa shape index (κ3) is 2.92. The molecule has 114 valence electrons. The van der Waals surface area contributed by atoms with Gasteiger partial charge < -0.3 is 9.47 Å². The van der Waals surface area contributed by atoms with Gasteiger partial charge in [-0.05, 0) is 29.8 Å². The third-order valence-corrected chi connectivity index (χ3v) is 3.79. The van der Waals surface area contributed by atoms with Gasteiger partial charge >= 0.3 is 0 Å². The first-order valence-corrected chi connectivity index (χ1v) is 7.24. The van der Waals surface area contributed by atoms with Crippen LogP contribution in [0.25, 0.3) is 10.9 Å². The fourth-order valence-electron chi connectivity index (χ4n) is 2.60. The molecule has 0 radical (unpaired) electrons. The van der Waals surface area contributed by atoms with Crippen LogP contribution in [0.1, 0.15) is 21.6 Å². The SMILES string of the molecule is CN(Cc1ccc2ncccc2c1)C(=O)c1cc(C#N)cn1C. The monoisotopic (exact) mass is 304 g/mol. The van der Waals surface area contributed by atoms with Crippen LogP contribution in [0.3, 0.4) is 0 Å². The van der Waals surface area contributed by atoms with Crippen molar-refractivity contribution >= 4 is 16.8 Å². The Hall–Kier alpha value is -3.13. The number of rotatable bonds is 3. The van der Waals surface area contributed by atoms with Gasteiger partial charge in [-0.2, -0.15) is 5.26 Å². The summed E-state index contributed by atoms with van der Waals surface area (Å²) in [7, 11) is 3.53. The van der Waals surface area contributed by atoms with Gasteiger partial charge in [-0.3, -0.25) is 9.78 Å². The van der Waals surface area contributed by atoms with Crippen molar-refractivity contribution in [2.75, 3.05) is 7.05 Å². The molecule has 0 N–H and O–H groups in total. The lowest BCUT2D eigenvalue weighted by molar-refractivity contribution is 0.0775. The van der Waals surface area contributed by atoms with Gasteiger partial charge in [0.15, 0.2) is 0 Å². The zero-order valence-electron chi connectivity index (χ0n) is 13.0. The highest BCUT2D eigenvalue weighted by Crippen LogP contribution is 2.16. The van der Waals surface area contributed by atoms with E-state index in [1.807, 2.05) is 30.3 Å². The number of aromatic nitrogens is 2. The highest BCUT2D eigenvalue weighted by Gasteiger charge is 2.16. The first kappa shape index (κ1) is 14.8. The normalized spacial score (nSPS) is 10.5.